The van der Waals surface area contributed by atoms with E-state index in [0.717, 1.165) is 28.3 Å². The Hall–Kier alpha value is -8.20. The lowest BCUT2D eigenvalue weighted by Gasteiger charge is -2.29. The normalized spacial score (nSPS) is 11.5. The van der Waals surface area contributed by atoms with Crippen LogP contribution in [-0.4, -0.2) is 4.57 Å². The van der Waals surface area contributed by atoms with Crippen LogP contribution in [0.1, 0.15) is 0 Å². The molecule has 0 fully saturated rings. The molecule has 12 aromatic rings. The Labute approximate surface area is 360 Å². The summed E-state index contributed by atoms with van der Waals surface area (Å²) in [6.07, 6.45) is 0. The zero-order chi connectivity index (χ0) is 41.0. The van der Waals surface area contributed by atoms with Crippen LogP contribution in [0.3, 0.4) is 0 Å². The summed E-state index contributed by atoms with van der Waals surface area (Å²) in [5.74, 6) is 0. The smallest absolute Gasteiger partial charge is 0.0547 e. The van der Waals surface area contributed by atoms with Crippen molar-refractivity contribution in [3.63, 3.8) is 0 Å². The van der Waals surface area contributed by atoms with Gasteiger partial charge in [-0.15, -0.1) is 0 Å². The van der Waals surface area contributed by atoms with E-state index in [9.17, 15) is 0 Å². The molecule has 1 aromatic heterocycles. The van der Waals surface area contributed by atoms with E-state index in [1.54, 1.807) is 0 Å². The summed E-state index contributed by atoms with van der Waals surface area (Å²) >= 11 is 0. The van der Waals surface area contributed by atoms with E-state index in [1.165, 1.54) is 81.9 Å². The van der Waals surface area contributed by atoms with Crippen molar-refractivity contribution >= 4 is 71.2 Å². The molecule has 62 heavy (non-hydrogen) atoms. The largest absolute Gasteiger partial charge is 0.309 e. The highest BCUT2D eigenvalue weighted by Gasteiger charge is 2.21. The van der Waals surface area contributed by atoms with E-state index >= 15 is 0 Å². The highest BCUT2D eigenvalue weighted by molar-refractivity contribution is 6.14. The molecular formula is C60H40N2. The molecule has 2 heteroatoms. The maximum Gasteiger partial charge on any atom is 0.0547 e. The van der Waals surface area contributed by atoms with Gasteiger partial charge in [0.2, 0.25) is 0 Å². The molecule has 0 saturated carbocycles. The van der Waals surface area contributed by atoms with Crippen LogP contribution < -0.4 is 4.90 Å². The summed E-state index contributed by atoms with van der Waals surface area (Å²) in [6.45, 7) is 0. The second kappa shape index (κ2) is 14.8. The van der Waals surface area contributed by atoms with Crippen LogP contribution in [0, 0.1) is 0 Å². The molecule has 0 aliphatic rings. The molecule has 12 rings (SSSR count). The fourth-order valence-electron chi connectivity index (χ4n) is 9.59. The fourth-order valence-corrected chi connectivity index (χ4v) is 9.59. The lowest BCUT2D eigenvalue weighted by Crippen LogP contribution is -2.12. The van der Waals surface area contributed by atoms with Crippen molar-refractivity contribution in [2.24, 2.45) is 0 Å². The number of nitrogens with zero attached hydrogens (tertiary/aromatic N) is 2. The monoisotopic (exact) mass is 788 g/mol. The van der Waals surface area contributed by atoms with E-state index in [1.807, 2.05) is 0 Å². The van der Waals surface area contributed by atoms with Crippen molar-refractivity contribution in [2.45, 2.75) is 0 Å². The number of benzene rings is 11. The average molecular weight is 789 g/mol. The molecule has 0 bridgehead atoms. The van der Waals surface area contributed by atoms with E-state index < -0.39 is 0 Å². The standard InChI is InChI=1S/C60H40N2/c1-2-16-43(17-3-1)52-23-10-12-27-57(52)61(59-36-35-51(53-24-8-9-25-54(53)59)48-30-29-41-15-4-5-18-44(41)37-48)49-33-31-42(32-34-49)45-21-14-22-50(38-45)62-58-28-13-11-26-55(58)56-39-46-19-6-7-20-47(46)40-60(56)62/h1-40H. The van der Waals surface area contributed by atoms with E-state index in [2.05, 4.69) is 252 Å². The number of hydrogen-bond acceptors (Lipinski definition) is 1. The number of anilines is 3. The van der Waals surface area contributed by atoms with Crippen molar-refractivity contribution in [1.29, 1.82) is 0 Å². The first-order chi connectivity index (χ1) is 30.7. The summed E-state index contributed by atoms with van der Waals surface area (Å²) < 4.78 is 2.42. The molecule has 2 nitrogen and oxygen atoms in total. The van der Waals surface area contributed by atoms with Gasteiger partial charge in [-0.25, -0.2) is 0 Å². The molecule has 0 N–H and O–H groups in total. The zero-order valence-corrected chi connectivity index (χ0v) is 34.0. The van der Waals surface area contributed by atoms with Gasteiger partial charge in [0.1, 0.15) is 0 Å². The van der Waals surface area contributed by atoms with Gasteiger partial charge in [0.25, 0.3) is 0 Å². The van der Waals surface area contributed by atoms with Crippen LogP contribution in [0.2, 0.25) is 0 Å². The molecule has 11 aromatic carbocycles. The summed E-state index contributed by atoms with van der Waals surface area (Å²) in [4.78, 5) is 2.44. The van der Waals surface area contributed by atoms with E-state index in [-0.39, 0.29) is 0 Å². The maximum absolute atomic E-state index is 2.44. The Bertz CT molecular complexity index is 3640. The van der Waals surface area contributed by atoms with Gasteiger partial charge in [0.15, 0.2) is 0 Å². The van der Waals surface area contributed by atoms with Crippen LogP contribution in [0.4, 0.5) is 17.1 Å². The Morgan fingerprint density at radius 1 is 0.274 bits per heavy atom. The molecule has 0 amide bonds. The molecule has 0 unspecified atom stereocenters. The fraction of sp³-hybridized carbons (Fsp3) is 0. The third kappa shape index (κ3) is 6.04. The quantitative estimate of drug-likeness (QED) is 0.156. The lowest BCUT2D eigenvalue weighted by molar-refractivity contribution is 1.18. The van der Waals surface area contributed by atoms with Gasteiger partial charge >= 0.3 is 0 Å². The lowest BCUT2D eigenvalue weighted by atomic mass is 9.94. The van der Waals surface area contributed by atoms with Crippen LogP contribution in [0.15, 0.2) is 243 Å². The first-order valence-electron chi connectivity index (χ1n) is 21.3. The van der Waals surface area contributed by atoms with Crippen molar-refractivity contribution in [3.8, 4) is 39.1 Å². The predicted octanol–water partition coefficient (Wildman–Crippen LogP) is 16.7. The molecule has 0 saturated heterocycles. The van der Waals surface area contributed by atoms with Gasteiger partial charge in [0, 0.05) is 33.1 Å². The van der Waals surface area contributed by atoms with Crippen LogP contribution in [-0.2, 0) is 0 Å². The first kappa shape index (κ1) is 35.7. The van der Waals surface area contributed by atoms with Crippen molar-refractivity contribution in [2.75, 3.05) is 4.90 Å². The second-order valence-electron chi connectivity index (χ2n) is 16.1. The van der Waals surface area contributed by atoms with Crippen LogP contribution in [0.25, 0.3) is 93.2 Å². The second-order valence-corrected chi connectivity index (χ2v) is 16.1. The topological polar surface area (TPSA) is 8.17 Å². The van der Waals surface area contributed by atoms with E-state index in [4.69, 9.17) is 0 Å². The van der Waals surface area contributed by atoms with Gasteiger partial charge in [-0.3, -0.25) is 0 Å². The highest BCUT2D eigenvalue weighted by atomic mass is 15.1. The highest BCUT2D eigenvalue weighted by Crippen LogP contribution is 2.46. The Kier molecular flexibility index (Phi) is 8.53. The minimum atomic E-state index is 1.09. The number of aromatic nitrogens is 1. The van der Waals surface area contributed by atoms with Crippen molar-refractivity contribution in [1.82, 2.24) is 4.57 Å². The minimum absolute atomic E-state index is 1.09. The molecule has 290 valence electrons. The van der Waals surface area contributed by atoms with Gasteiger partial charge in [0.05, 0.1) is 22.4 Å². The number of fused-ring (bicyclic) bond motifs is 6. The predicted molar refractivity (Wildman–Crippen MR) is 264 cm³/mol. The van der Waals surface area contributed by atoms with Gasteiger partial charge in [-0.1, -0.05) is 182 Å². The number of rotatable bonds is 7. The number of hydrogen-bond donors (Lipinski definition) is 0. The Balaban J connectivity index is 0.999. The molecule has 0 aliphatic heterocycles. The Morgan fingerprint density at radius 3 is 1.73 bits per heavy atom. The van der Waals surface area contributed by atoms with Gasteiger partial charge in [-0.2, -0.15) is 0 Å². The summed E-state index contributed by atoms with van der Waals surface area (Å²) in [5, 5.41) is 9.92. The van der Waals surface area contributed by atoms with Gasteiger partial charge in [-0.05, 0) is 115 Å². The van der Waals surface area contributed by atoms with Crippen LogP contribution >= 0.6 is 0 Å². The summed E-state index contributed by atoms with van der Waals surface area (Å²) in [5.41, 5.74) is 14.0. The molecule has 1 heterocycles. The van der Waals surface area contributed by atoms with E-state index in [0.29, 0.717) is 0 Å². The van der Waals surface area contributed by atoms with Crippen molar-refractivity contribution in [3.05, 3.63) is 243 Å². The summed E-state index contributed by atoms with van der Waals surface area (Å²) in [6, 6.07) is 88.5. The average Bonchev–Trinajstić information content (AvgIpc) is 3.67. The Morgan fingerprint density at radius 2 is 0.903 bits per heavy atom. The molecule has 0 aliphatic carbocycles. The van der Waals surface area contributed by atoms with Crippen molar-refractivity contribution < 1.29 is 0 Å². The molecular weight excluding hydrogens is 749 g/mol. The first-order valence-corrected chi connectivity index (χ1v) is 21.3. The molecule has 0 radical (unpaired) electrons. The molecule has 0 atom stereocenters. The maximum atomic E-state index is 2.44. The SMILES string of the molecule is c1ccc(-c2ccccc2N(c2ccc(-c3cccc(-n4c5ccccc5c5cc6ccccc6cc54)c3)cc2)c2ccc(-c3ccc4ccccc4c3)c3ccccc23)cc1. The third-order valence-corrected chi connectivity index (χ3v) is 12.5. The number of para-hydroxylation sites is 2. The zero-order valence-electron chi connectivity index (χ0n) is 34.0. The molecule has 0 spiro atoms. The van der Waals surface area contributed by atoms with Gasteiger partial charge < -0.3 is 9.47 Å². The summed E-state index contributed by atoms with van der Waals surface area (Å²) in [7, 11) is 0. The minimum Gasteiger partial charge on any atom is -0.309 e. The van der Waals surface area contributed by atoms with Crippen LogP contribution in [0.5, 0.6) is 0 Å². The third-order valence-electron chi connectivity index (χ3n) is 12.5.